The largest absolute Gasteiger partial charge is 0.393 e. The molecular formula is C13H28O. The first-order chi connectivity index (χ1) is 6.13. The maximum Gasteiger partial charge on any atom is 0.0593 e. The number of hydrogen-bond donors (Lipinski definition) is 1. The molecule has 86 valence electrons. The van der Waals surface area contributed by atoms with Crippen LogP contribution >= 0.6 is 0 Å². The van der Waals surface area contributed by atoms with Gasteiger partial charge in [0.2, 0.25) is 0 Å². The lowest BCUT2D eigenvalue weighted by molar-refractivity contribution is -0.0270. The minimum Gasteiger partial charge on any atom is -0.393 e. The molecule has 14 heavy (non-hydrogen) atoms. The normalized spacial score (nSPS) is 19.5. The summed E-state index contributed by atoms with van der Waals surface area (Å²) in [5.74, 6) is 0.525. The number of aliphatic hydroxyl groups excluding tert-OH is 1. The van der Waals surface area contributed by atoms with Crippen molar-refractivity contribution in [1.82, 2.24) is 0 Å². The summed E-state index contributed by atoms with van der Waals surface area (Å²) in [5.41, 5.74) is 0.335. The van der Waals surface area contributed by atoms with Gasteiger partial charge in [0.1, 0.15) is 0 Å². The highest BCUT2D eigenvalue weighted by molar-refractivity contribution is 4.88. The summed E-state index contributed by atoms with van der Waals surface area (Å²) in [7, 11) is 0. The van der Waals surface area contributed by atoms with Crippen molar-refractivity contribution >= 4 is 0 Å². The maximum absolute atomic E-state index is 10.1. The highest BCUT2D eigenvalue weighted by atomic mass is 16.3. The quantitative estimate of drug-likeness (QED) is 0.730. The molecule has 1 nitrogen and oxygen atoms in total. The molecule has 0 radical (unpaired) electrons. The molecule has 0 saturated heterocycles. The van der Waals surface area contributed by atoms with Crippen molar-refractivity contribution in [2.45, 2.75) is 67.4 Å². The van der Waals surface area contributed by atoms with Crippen molar-refractivity contribution in [2.75, 3.05) is 0 Å². The van der Waals surface area contributed by atoms with E-state index in [2.05, 4.69) is 48.5 Å². The van der Waals surface area contributed by atoms with Crippen LogP contribution in [0.2, 0.25) is 0 Å². The van der Waals surface area contributed by atoms with Gasteiger partial charge >= 0.3 is 0 Å². The fraction of sp³-hybridized carbons (Fsp3) is 1.00. The molecule has 0 aromatic heterocycles. The second-order valence-corrected chi connectivity index (χ2v) is 6.32. The molecule has 0 heterocycles. The second-order valence-electron chi connectivity index (χ2n) is 6.32. The topological polar surface area (TPSA) is 20.2 Å². The van der Waals surface area contributed by atoms with E-state index in [9.17, 15) is 5.11 Å². The van der Waals surface area contributed by atoms with E-state index in [1.807, 2.05) is 0 Å². The average molecular weight is 200 g/mol. The third kappa shape index (κ3) is 3.61. The molecule has 0 aromatic rings. The Hall–Kier alpha value is -0.0400. The average Bonchev–Trinajstić information content (AvgIpc) is 1.99. The summed E-state index contributed by atoms with van der Waals surface area (Å²) >= 11 is 0. The fourth-order valence-corrected chi connectivity index (χ4v) is 2.32. The van der Waals surface area contributed by atoms with Crippen LogP contribution in [0.25, 0.3) is 0 Å². The van der Waals surface area contributed by atoms with Gasteiger partial charge in [0.05, 0.1) is 6.10 Å². The Balaban J connectivity index is 4.73. The molecule has 0 aromatic carbocycles. The molecule has 1 N–H and O–H groups in total. The molecule has 0 spiro atoms. The van der Waals surface area contributed by atoms with Crippen LogP contribution in [0.5, 0.6) is 0 Å². The van der Waals surface area contributed by atoms with Crippen LogP contribution in [0, 0.1) is 16.7 Å². The first-order valence-corrected chi connectivity index (χ1v) is 5.81. The molecule has 0 fully saturated rings. The van der Waals surface area contributed by atoms with Crippen LogP contribution in [0.15, 0.2) is 0 Å². The Morgan fingerprint density at radius 2 is 1.50 bits per heavy atom. The Morgan fingerprint density at radius 3 is 1.71 bits per heavy atom. The molecule has 0 saturated carbocycles. The third-order valence-electron chi connectivity index (χ3n) is 3.38. The third-order valence-corrected chi connectivity index (χ3v) is 3.38. The second kappa shape index (κ2) is 4.65. The van der Waals surface area contributed by atoms with Gasteiger partial charge in [0.15, 0.2) is 0 Å². The number of aliphatic hydroxyl groups is 1. The lowest BCUT2D eigenvalue weighted by atomic mass is 9.65. The standard InChI is InChI=1S/C13H28O/c1-8-11(14)13(7,10(2)3)9-12(4,5)6/h10-11,14H,8-9H2,1-7H3. The van der Waals surface area contributed by atoms with Gasteiger partial charge < -0.3 is 5.11 Å². The molecule has 0 aliphatic rings. The summed E-state index contributed by atoms with van der Waals surface area (Å²) in [6.07, 6.45) is 1.75. The first kappa shape index (κ1) is 14.0. The van der Waals surface area contributed by atoms with E-state index in [-0.39, 0.29) is 16.9 Å². The lowest BCUT2D eigenvalue weighted by Crippen LogP contribution is -2.40. The van der Waals surface area contributed by atoms with E-state index in [1.54, 1.807) is 0 Å². The molecule has 0 aliphatic carbocycles. The van der Waals surface area contributed by atoms with Crippen LogP contribution in [-0.2, 0) is 0 Å². The Kier molecular flexibility index (Phi) is 4.64. The van der Waals surface area contributed by atoms with Gasteiger partial charge in [-0.2, -0.15) is 0 Å². The fourth-order valence-electron chi connectivity index (χ4n) is 2.32. The van der Waals surface area contributed by atoms with Crippen molar-refractivity contribution in [3.8, 4) is 0 Å². The van der Waals surface area contributed by atoms with Crippen molar-refractivity contribution in [2.24, 2.45) is 16.7 Å². The van der Waals surface area contributed by atoms with Crippen molar-refractivity contribution in [1.29, 1.82) is 0 Å². The predicted octanol–water partition coefficient (Wildman–Crippen LogP) is 3.86. The first-order valence-electron chi connectivity index (χ1n) is 5.81. The van der Waals surface area contributed by atoms with Gasteiger partial charge in [-0.25, -0.2) is 0 Å². The summed E-state index contributed by atoms with van der Waals surface area (Å²) in [6, 6.07) is 0. The minimum absolute atomic E-state index is 0.0486. The maximum atomic E-state index is 10.1. The van der Waals surface area contributed by atoms with Crippen molar-refractivity contribution in [3.05, 3.63) is 0 Å². The molecule has 1 heteroatoms. The highest BCUT2D eigenvalue weighted by Gasteiger charge is 2.38. The number of rotatable bonds is 4. The molecule has 2 unspecified atom stereocenters. The summed E-state index contributed by atoms with van der Waals surface area (Å²) in [6.45, 7) is 15.4. The Labute approximate surface area is 89.9 Å². The van der Waals surface area contributed by atoms with Gasteiger partial charge in [-0.3, -0.25) is 0 Å². The van der Waals surface area contributed by atoms with E-state index in [1.165, 1.54) is 0 Å². The molecule has 0 amide bonds. The lowest BCUT2D eigenvalue weighted by Gasteiger charge is -2.42. The van der Waals surface area contributed by atoms with E-state index in [0.717, 1.165) is 12.8 Å². The van der Waals surface area contributed by atoms with Crippen LogP contribution in [0.1, 0.15) is 61.3 Å². The van der Waals surface area contributed by atoms with Crippen molar-refractivity contribution < 1.29 is 5.11 Å². The zero-order valence-electron chi connectivity index (χ0n) is 11.0. The highest BCUT2D eigenvalue weighted by Crippen LogP contribution is 2.42. The van der Waals surface area contributed by atoms with E-state index >= 15 is 0 Å². The van der Waals surface area contributed by atoms with Crippen LogP contribution < -0.4 is 0 Å². The van der Waals surface area contributed by atoms with Gasteiger partial charge in [-0.05, 0) is 29.6 Å². The molecule has 0 rings (SSSR count). The van der Waals surface area contributed by atoms with Crippen LogP contribution in [0.4, 0.5) is 0 Å². The summed E-state index contributed by atoms with van der Waals surface area (Å²) in [4.78, 5) is 0. The van der Waals surface area contributed by atoms with Gasteiger partial charge in [0.25, 0.3) is 0 Å². The zero-order valence-corrected chi connectivity index (χ0v) is 11.0. The van der Waals surface area contributed by atoms with E-state index < -0.39 is 0 Å². The summed E-state index contributed by atoms with van der Waals surface area (Å²) in [5, 5.41) is 10.1. The van der Waals surface area contributed by atoms with Crippen LogP contribution in [0.3, 0.4) is 0 Å². The van der Waals surface area contributed by atoms with Gasteiger partial charge in [-0.1, -0.05) is 48.5 Å². The molecule has 0 bridgehead atoms. The van der Waals surface area contributed by atoms with E-state index in [4.69, 9.17) is 0 Å². The van der Waals surface area contributed by atoms with Gasteiger partial charge in [0, 0.05) is 0 Å². The number of hydrogen-bond acceptors (Lipinski definition) is 1. The minimum atomic E-state index is -0.179. The van der Waals surface area contributed by atoms with Crippen LogP contribution in [-0.4, -0.2) is 11.2 Å². The SMILES string of the molecule is CCC(O)C(C)(CC(C)(C)C)C(C)C. The molecular weight excluding hydrogens is 172 g/mol. The zero-order chi connectivity index (χ0) is 11.6. The van der Waals surface area contributed by atoms with Crippen molar-refractivity contribution in [3.63, 3.8) is 0 Å². The molecule has 2 atom stereocenters. The smallest absolute Gasteiger partial charge is 0.0593 e. The Morgan fingerprint density at radius 1 is 1.07 bits per heavy atom. The molecule has 0 aliphatic heterocycles. The van der Waals surface area contributed by atoms with E-state index in [0.29, 0.717) is 5.92 Å². The monoisotopic (exact) mass is 200 g/mol. The van der Waals surface area contributed by atoms with Gasteiger partial charge in [-0.15, -0.1) is 0 Å². The summed E-state index contributed by atoms with van der Waals surface area (Å²) < 4.78 is 0. The Bertz CT molecular complexity index is 167. The predicted molar refractivity (Wildman–Crippen MR) is 63.3 cm³/mol.